The highest BCUT2D eigenvalue weighted by molar-refractivity contribution is 9.10. The highest BCUT2D eigenvalue weighted by atomic mass is 79.9. The molecule has 0 bridgehead atoms. The van der Waals surface area contributed by atoms with Crippen molar-refractivity contribution < 1.29 is 4.39 Å². The number of anilines is 1. The lowest BCUT2D eigenvalue weighted by atomic mass is 10.1. The van der Waals surface area contributed by atoms with Gasteiger partial charge in [-0.05, 0) is 51.7 Å². The van der Waals surface area contributed by atoms with Gasteiger partial charge in [-0.15, -0.1) is 0 Å². The Morgan fingerprint density at radius 2 is 1.95 bits per heavy atom. The molecule has 0 aliphatic rings. The van der Waals surface area contributed by atoms with Crippen LogP contribution >= 0.6 is 15.9 Å². The average Bonchev–Trinajstić information content (AvgIpc) is 2.48. The van der Waals surface area contributed by atoms with Crippen molar-refractivity contribution in [1.29, 1.82) is 0 Å². The summed E-state index contributed by atoms with van der Waals surface area (Å²) in [5.74, 6) is -0.259. The second-order valence-corrected chi connectivity index (χ2v) is 5.40. The molecule has 0 spiro atoms. The number of pyridine rings is 1. The monoisotopic (exact) mass is 337 g/mol. The minimum absolute atomic E-state index is 0.259. The minimum Gasteiger partial charge on any atom is -0.372 e. The molecule has 2 N–H and O–H groups in total. The predicted molar refractivity (Wildman–Crippen MR) is 83.2 cm³/mol. The molecular weight excluding hydrogens is 321 g/mol. The van der Waals surface area contributed by atoms with Gasteiger partial charge in [-0.1, -0.05) is 6.07 Å². The van der Waals surface area contributed by atoms with Gasteiger partial charge in [0.2, 0.25) is 0 Å². The van der Waals surface area contributed by atoms with E-state index < -0.39 is 0 Å². The molecular formula is C15H17BrFN3. The molecule has 0 atom stereocenters. The number of halogens is 2. The second kappa shape index (κ2) is 6.81. The summed E-state index contributed by atoms with van der Waals surface area (Å²) >= 11 is 3.27. The summed E-state index contributed by atoms with van der Waals surface area (Å²) < 4.78 is 14.7. The number of aromatic nitrogens is 1. The molecule has 0 aliphatic heterocycles. The van der Waals surface area contributed by atoms with Crippen molar-refractivity contribution in [2.45, 2.75) is 13.0 Å². The third kappa shape index (κ3) is 3.35. The summed E-state index contributed by atoms with van der Waals surface area (Å²) in [7, 11) is 1.88. The van der Waals surface area contributed by atoms with Crippen LogP contribution in [0.25, 0.3) is 0 Å². The first-order valence-electron chi connectivity index (χ1n) is 6.40. The molecule has 0 radical (unpaired) electrons. The zero-order valence-electron chi connectivity index (χ0n) is 11.3. The van der Waals surface area contributed by atoms with Crippen LogP contribution in [0.15, 0.2) is 41.1 Å². The summed E-state index contributed by atoms with van der Waals surface area (Å²) in [6, 6.07) is 7.57. The molecule has 0 unspecified atom stereocenters. The van der Waals surface area contributed by atoms with E-state index in [-0.39, 0.29) is 5.82 Å². The van der Waals surface area contributed by atoms with E-state index >= 15 is 0 Å². The molecule has 3 nitrogen and oxygen atoms in total. The van der Waals surface area contributed by atoms with E-state index in [1.807, 2.05) is 30.1 Å². The number of hydrogen-bond donors (Lipinski definition) is 1. The van der Waals surface area contributed by atoms with Gasteiger partial charge >= 0.3 is 0 Å². The maximum atomic E-state index is 14.3. The lowest BCUT2D eigenvalue weighted by Gasteiger charge is -2.21. The number of nitrogens with zero attached hydrogens (tertiary/aromatic N) is 2. The van der Waals surface area contributed by atoms with Gasteiger partial charge in [0.05, 0.1) is 10.2 Å². The zero-order chi connectivity index (χ0) is 14.5. The molecule has 106 valence electrons. The summed E-state index contributed by atoms with van der Waals surface area (Å²) in [5.41, 5.74) is 8.09. The van der Waals surface area contributed by atoms with Crippen LogP contribution in [0.4, 0.5) is 10.1 Å². The number of hydrogen-bond acceptors (Lipinski definition) is 3. The van der Waals surface area contributed by atoms with E-state index in [1.165, 1.54) is 5.56 Å². The van der Waals surface area contributed by atoms with E-state index in [0.29, 0.717) is 16.7 Å². The first-order valence-corrected chi connectivity index (χ1v) is 7.19. The van der Waals surface area contributed by atoms with Gasteiger partial charge < -0.3 is 10.6 Å². The van der Waals surface area contributed by atoms with Crippen LogP contribution in [0.3, 0.4) is 0 Å². The van der Waals surface area contributed by atoms with E-state index in [2.05, 4.69) is 20.9 Å². The van der Waals surface area contributed by atoms with Crippen LogP contribution < -0.4 is 10.6 Å². The maximum absolute atomic E-state index is 14.3. The Kier molecular flexibility index (Phi) is 5.09. The number of benzene rings is 1. The number of rotatable bonds is 5. The fourth-order valence-electron chi connectivity index (χ4n) is 2.00. The molecule has 0 amide bonds. The topological polar surface area (TPSA) is 42.2 Å². The molecule has 0 aliphatic carbocycles. The van der Waals surface area contributed by atoms with Gasteiger partial charge in [-0.3, -0.25) is 4.98 Å². The summed E-state index contributed by atoms with van der Waals surface area (Å²) in [4.78, 5) is 5.89. The van der Waals surface area contributed by atoms with E-state index in [9.17, 15) is 4.39 Å². The molecule has 1 aromatic carbocycles. The standard InChI is InChI=1S/C15H17BrFN3/c1-20(9-6-11-4-7-19-8-5-11)13-3-2-12(10-18)14(16)15(13)17/h2-5,7-8H,6,9-10,18H2,1H3. The van der Waals surface area contributed by atoms with Crippen molar-refractivity contribution in [3.63, 3.8) is 0 Å². The normalized spacial score (nSPS) is 10.6. The van der Waals surface area contributed by atoms with Gasteiger partial charge in [-0.2, -0.15) is 0 Å². The Labute approximate surface area is 126 Å². The Balaban J connectivity index is 2.10. The van der Waals surface area contributed by atoms with E-state index in [1.54, 1.807) is 18.5 Å². The summed E-state index contributed by atoms with van der Waals surface area (Å²) in [6.07, 6.45) is 4.37. The molecule has 1 heterocycles. The lowest BCUT2D eigenvalue weighted by Crippen LogP contribution is -2.21. The van der Waals surface area contributed by atoms with Crippen molar-refractivity contribution in [3.05, 3.63) is 58.1 Å². The van der Waals surface area contributed by atoms with Gasteiger partial charge in [0.15, 0.2) is 5.82 Å². The van der Waals surface area contributed by atoms with Crippen LogP contribution in [-0.2, 0) is 13.0 Å². The Bertz CT molecular complexity index is 575. The molecule has 20 heavy (non-hydrogen) atoms. The van der Waals surface area contributed by atoms with Crippen molar-refractivity contribution in [2.75, 3.05) is 18.5 Å². The highest BCUT2D eigenvalue weighted by Gasteiger charge is 2.13. The largest absolute Gasteiger partial charge is 0.372 e. The van der Waals surface area contributed by atoms with Crippen molar-refractivity contribution in [2.24, 2.45) is 5.73 Å². The minimum atomic E-state index is -0.259. The Morgan fingerprint density at radius 1 is 1.25 bits per heavy atom. The Morgan fingerprint density at radius 3 is 2.60 bits per heavy atom. The van der Waals surface area contributed by atoms with Crippen LogP contribution in [0.5, 0.6) is 0 Å². The first-order chi connectivity index (χ1) is 9.63. The fourth-order valence-corrected chi connectivity index (χ4v) is 2.50. The Hall–Kier alpha value is -1.46. The van der Waals surface area contributed by atoms with Gasteiger partial charge in [-0.25, -0.2) is 4.39 Å². The molecule has 2 rings (SSSR count). The fraction of sp³-hybridized carbons (Fsp3) is 0.267. The average molecular weight is 338 g/mol. The van der Waals surface area contributed by atoms with Gasteiger partial charge in [0, 0.05) is 32.5 Å². The first kappa shape index (κ1) is 14.9. The van der Waals surface area contributed by atoms with Crippen molar-refractivity contribution in [3.8, 4) is 0 Å². The molecule has 5 heteroatoms. The van der Waals surface area contributed by atoms with Crippen LogP contribution in [0.1, 0.15) is 11.1 Å². The maximum Gasteiger partial charge on any atom is 0.160 e. The van der Waals surface area contributed by atoms with Gasteiger partial charge in [0.1, 0.15) is 0 Å². The zero-order valence-corrected chi connectivity index (χ0v) is 12.9. The third-order valence-corrected chi connectivity index (χ3v) is 4.12. The van der Waals surface area contributed by atoms with E-state index in [4.69, 9.17) is 5.73 Å². The van der Waals surface area contributed by atoms with Crippen LogP contribution in [0, 0.1) is 5.82 Å². The molecule has 2 aromatic rings. The molecule has 1 aromatic heterocycles. The third-order valence-electron chi connectivity index (χ3n) is 3.26. The second-order valence-electron chi connectivity index (χ2n) is 4.60. The lowest BCUT2D eigenvalue weighted by molar-refractivity contribution is 0.613. The molecule has 0 saturated heterocycles. The highest BCUT2D eigenvalue weighted by Crippen LogP contribution is 2.28. The van der Waals surface area contributed by atoms with Crippen molar-refractivity contribution in [1.82, 2.24) is 4.98 Å². The van der Waals surface area contributed by atoms with Crippen LogP contribution in [0.2, 0.25) is 0 Å². The van der Waals surface area contributed by atoms with Crippen LogP contribution in [-0.4, -0.2) is 18.6 Å². The van der Waals surface area contributed by atoms with Gasteiger partial charge in [0.25, 0.3) is 0 Å². The van der Waals surface area contributed by atoms with E-state index in [0.717, 1.165) is 18.5 Å². The number of likely N-dealkylation sites (N-methyl/N-ethyl adjacent to an activating group) is 1. The number of nitrogens with two attached hydrogens (primary N) is 1. The molecule has 0 saturated carbocycles. The summed E-state index contributed by atoms with van der Waals surface area (Å²) in [5, 5.41) is 0. The smallest absolute Gasteiger partial charge is 0.160 e. The molecule has 0 fully saturated rings. The quantitative estimate of drug-likeness (QED) is 0.911. The van der Waals surface area contributed by atoms with Crippen molar-refractivity contribution >= 4 is 21.6 Å². The predicted octanol–water partition coefficient (Wildman–Crippen LogP) is 3.12. The summed E-state index contributed by atoms with van der Waals surface area (Å²) in [6.45, 7) is 1.05. The SMILES string of the molecule is CN(CCc1ccncc1)c1ccc(CN)c(Br)c1F.